The molecule has 0 aliphatic heterocycles. The van der Waals surface area contributed by atoms with Crippen LogP contribution in [0.5, 0.6) is 5.75 Å². The van der Waals surface area contributed by atoms with Crippen LogP contribution in [-0.4, -0.2) is 23.0 Å². The Morgan fingerprint density at radius 2 is 2.21 bits per heavy atom. The molecule has 1 rings (SSSR count). The topological polar surface area (TPSA) is 121 Å². The van der Waals surface area contributed by atoms with Gasteiger partial charge in [0.15, 0.2) is 5.75 Å². The second kappa shape index (κ2) is 5.61. The highest BCUT2D eigenvalue weighted by Crippen LogP contribution is 2.27. The number of nitrogens with two attached hydrogens (primary N) is 2. The van der Waals surface area contributed by atoms with Crippen LogP contribution < -0.4 is 16.2 Å². The molecule has 1 aromatic carbocycles. The summed E-state index contributed by atoms with van der Waals surface area (Å²) in [6.07, 6.45) is 0.0802. The lowest BCUT2D eigenvalue weighted by atomic mass is 9.99. The third-order valence-corrected chi connectivity index (χ3v) is 2.56. The Morgan fingerprint density at radius 3 is 2.74 bits per heavy atom. The van der Waals surface area contributed by atoms with Crippen molar-refractivity contribution in [2.45, 2.75) is 18.9 Å². The monoisotopic (exact) mass is 271 g/mol. The number of primary amides is 1. The average Bonchev–Trinajstić information content (AvgIpc) is 2.30. The fourth-order valence-electron chi connectivity index (χ4n) is 1.25. The lowest BCUT2D eigenvalue weighted by molar-refractivity contribution is -0.386. The van der Waals surface area contributed by atoms with E-state index in [2.05, 4.69) is 0 Å². The molecule has 1 atom stereocenters. The van der Waals surface area contributed by atoms with E-state index >= 15 is 0 Å². The molecule has 0 aliphatic carbocycles. The van der Waals surface area contributed by atoms with Crippen molar-refractivity contribution in [1.82, 2.24) is 0 Å². The number of rotatable bonds is 6. The third kappa shape index (κ3) is 3.88. The van der Waals surface area contributed by atoms with Crippen LogP contribution in [-0.2, 0) is 4.79 Å². The SMILES string of the molecule is CC(N)(CCOc1ccc(F)cc1[N+](=O)[O-])C(N)=O. The molecule has 0 fully saturated rings. The number of amides is 1. The van der Waals surface area contributed by atoms with Crippen LogP contribution in [0, 0.1) is 15.9 Å². The summed E-state index contributed by atoms with van der Waals surface area (Å²) in [5, 5.41) is 10.7. The minimum atomic E-state index is -1.27. The Balaban J connectivity index is 2.74. The van der Waals surface area contributed by atoms with Crippen molar-refractivity contribution in [3.8, 4) is 5.75 Å². The smallest absolute Gasteiger partial charge is 0.313 e. The minimum absolute atomic E-state index is 0.0532. The van der Waals surface area contributed by atoms with Crippen LogP contribution in [0.3, 0.4) is 0 Å². The summed E-state index contributed by atoms with van der Waals surface area (Å²) < 4.78 is 18.0. The number of halogens is 1. The fraction of sp³-hybridized carbons (Fsp3) is 0.364. The summed E-state index contributed by atoms with van der Waals surface area (Å²) in [5.74, 6) is -1.53. The zero-order valence-electron chi connectivity index (χ0n) is 10.3. The molecule has 1 unspecified atom stereocenters. The molecule has 4 N–H and O–H groups in total. The Kier molecular flexibility index (Phi) is 4.38. The largest absolute Gasteiger partial charge is 0.487 e. The Hall–Kier alpha value is -2.22. The first-order valence-corrected chi connectivity index (χ1v) is 5.39. The normalized spacial score (nSPS) is 13.6. The number of carbonyl (C=O) groups is 1. The zero-order chi connectivity index (χ0) is 14.6. The molecule has 19 heavy (non-hydrogen) atoms. The number of ether oxygens (including phenoxy) is 1. The van der Waals surface area contributed by atoms with Crippen LogP contribution in [0.1, 0.15) is 13.3 Å². The van der Waals surface area contributed by atoms with E-state index < -0.39 is 27.9 Å². The molecule has 1 aromatic rings. The third-order valence-electron chi connectivity index (χ3n) is 2.56. The van der Waals surface area contributed by atoms with Crippen molar-refractivity contribution in [3.63, 3.8) is 0 Å². The summed E-state index contributed by atoms with van der Waals surface area (Å²) in [7, 11) is 0. The number of benzene rings is 1. The highest BCUT2D eigenvalue weighted by molar-refractivity contribution is 5.83. The zero-order valence-corrected chi connectivity index (χ0v) is 10.3. The van der Waals surface area contributed by atoms with Crippen LogP contribution in [0.25, 0.3) is 0 Å². The van der Waals surface area contributed by atoms with Gasteiger partial charge in [-0.3, -0.25) is 14.9 Å². The van der Waals surface area contributed by atoms with E-state index in [4.69, 9.17) is 16.2 Å². The maximum atomic E-state index is 12.9. The molecule has 0 aromatic heterocycles. The number of nitro groups is 1. The molecule has 0 aliphatic rings. The lowest BCUT2D eigenvalue weighted by Crippen LogP contribution is -2.50. The van der Waals surface area contributed by atoms with Gasteiger partial charge < -0.3 is 16.2 Å². The van der Waals surface area contributed by atoms with Gasteiger partial charge in [0, 0.05) is 6.42 Å². The highest BCUT2D eigenvalue weighted by atomic mass is 19.1. The van der Waals surface area contributed by atoms with E-state index in [1.54, 1.807) is 0 Å². The molecule has 0 saturated carbocycles. The first-order chi connectivity index (χ1) is 8.74. The van der Waals surface area contributed by atoms with Gasteiger partial charge in [-0.1, -0.05) is 0 Å². The summed E-state index contributed by atoms with van der Waals surface area (Å²) in [6, 6.07) is 2.94. The van der Waals surface area contributed by atoms with Gasteiger partial charge in [0.2, 0.25) is 5.91 Å². The van der Waals surface area contributed by atoms with Crippen molar-refractivity contribution in [3.05, 3.63) is 34.1 Å². The Labute approximate surface area is 108 Å². The van der Waals surface area contributed by atoms with Gasteiger partial charge in [0.1, 0.15) is 5.82 Å². The molecule has 7 nitrogen and oxygen atoms in total. The molecule has 1 amide bonds. The van der Waals surface area contributed by atoms with Crippen molar-refractivity contribution < 1.29 is 18.8 Å². The Morgan fingerprint density at radius 1 is 1.58 bits per heavy atom. The molecule has 0 bridgehead atoms. The molecule has 8 heteroatoms. The van der Waals surface area contributed by atoms with Crippen molar-refractivity contribution >= 4 is 11.6 Å². The summed E-state index contributed by atoms with van der Waals surface area (Å²) >= 11 is 0. The second-order valence-electron chi connectivity index (χ2n) is 4.25. The minimum Gasteiger partial charge on any atom is -0.487 e. The number of hydrogen-bond acceptors (Lipinski definition) is 5. The van der Waals surface area contributed by atoms with E-state index in [-0.39, 0.29) is 18.8 Å². The first-order valence-electron chi connectivity index (χ1n) is 5.39. The van der Waals surface area contributed by atoms with Crippen LogP contribution in [0.4, 0.5) is 10.1 Å². The number of nitrogens with zero attached hydrogens (tertiary/aromatic N) is 1. The van der Waals surface area contributed by atoms with Crippen molar-refractivity contribution in [1.29, 1.82) is 0 Å². The fourth-order valence-corrected chi connectivity index (χ4v) is 1.25. The Bertz CT molecular complexity index is 505. The maximum absolute atomic E-state index is 12.9. The number of nitro benzene ring substituents is 1. The van der Waals surface area contributed by atoms with E-state index in [0.717, 1.165) is 18.2 Å². The molecular formula is C11H14FN3O4. The van der Waals surface area contributed by atoms with Gasteiger partial charge in [-0.15, -0.1) is 0 Å². The van der Waals surface area contributed by atoms with Gasteiger partial charge in [-0.05, 0) is 19.1 Å². The number of hydrogen-bond donors (Lipinski definition) is 2. The first kappa shape index (κ1) is 14.8. The van der Waals surface area contributed by atoms with Crippen LogP contribution in [0.15, 0.2) is 18.2 Å². The highest BCUT2D eigenvalue weighted by Gasteiger charge is 2.26. The van der Waals surface area contributed by atoms with E-state index in [9.17, 15) is 19.3 Å². The van der Waals surface area contributed by atoms with E-state index in [1.165, 1.54) is 6.92 Å². The predicted octanol–water partition coefficient (Wildman–Crippen LogP) is 0.706. The van der Waals surface area contributed by atoms with Gasteiger partial charge >= 0.3 is 5.69 Å². The van der Waals surface area contributed by atoms with Crippen molar-refractivity contribution in [2.24, 2.45) is 11.5 Å². The summed E-state index contributed by atoms with van der Waals surface area (Å²) in [4.78, 5) is 20.9. The quantitative estimate of drug-likeness (QED) is 0.582. The van der Waals surface area contributed by atoms with Gasteiger partial charge in [0.05, 0.1) is 23.1 Å². The van der Waals surface area contributed by atoms with Gasteiger partial charge in [-0.2, -0.15) is 0 Å². The van der Waals surface area contributed by atoms with Crippen LogP contribution >= 0.6 is 0 Å². The van der Waals surface area contributed by atoms with Gasteiger partial charge in [-0.25, -0.2) is 4.39 Å². The molecule has 104 valence electrons. The second-order valence-corrected chi connectivity index (χ2v) is 4.25. The maximum Gasteiger partial charge on any atom is 0.313 e. The number of carbonyl (C=O) groups excluding carboxylic acids is 1. The molecular weight excluding hydrogens is 257 g/mol. The molecule has 0 radical (unpaired) electrons. The van der Waals surface area contributed by atoms with E-state index in [1.807, 2.05) is 0 Å². The molecule has 0 spiro atoms. The predicted molar refractivity (Wildman–Crippen MR) is 65.0 cm³/mol. The standard InChI is InChI=1S/C11H14FN3O4/c1-11(14,10(13)16)4-5-19-9-3-2-7(12)6-8(9)15(17)18/h2-3,6H,4-5,14H2,1H3,(H2,13,16). The van der Waals surface area contributed by atoms with E-state index in [0.29, 0.717) is 0 Å². The average molecular weight is 271 g/mol. The molecule has 0 heterocycles. The van der Waals surface area contributed by atoms with Gasteiger partial charge in [0.25, 0.3) is 0 Å². The van der Waals surface area contributed by atoms with Crippen molar-refractivity contribution in [2.75, 3.05) is 6.61 Å². The lowest BCUT2D eigenvalue weighted by Gasteiger charge is -2.20. The summed E-state index contributed by atoms with van der Waals surface area (Å²) in [6.45, 7) is 1.38. The van der Waals surface area contributed by atoms with Crippen LogP contribution in [0.2, 0.25) is 0 Å². The molecule has 0 saturated heterocycles. The summed E-state index contributed by atoms with van der Waals surface area (Å²) in [5.41, 5.74) is 8.91.